The number of nitrogens with zero attached hydrogens (tertiary/aromatic N) is 2. The number of aromatic amines is 1. The Labute approximate surface area is 135 Å². The zero-order chi connectivity index (χ0) is 16.2. The van der Waals surface area contributed by atoms with Crippen molar-refractivity contribution in [2.45, 2.75) is 19.3 Å². The highest BCUT2D eigenvalue weighted by molar-refractivity contribution is 7.70. The van der Waals surface area contributed by atoms with Gasteiger partial charge in [-0.2, -0.15) is 0 Å². The molecule has 0 aromatic carbocycles. The summed E-state index contributed by atoms with van der Waals surface area (Å²) in [6.07, 6.45) is 4.66. The number of H-pyrrole nitrogens is 1. The molecule has 1 saturated heterocycles. The van der Waals surface area contributed by atoms with E-state index in [1.165, 1.54) is 6.07 Å². The van der Waals surface area contributed by atoms with Gasteiger partial charge in [0.2, 0.25) is 16.4 Å². The maximum absolute atomic E-state index is 11.4. The molecular formula is C15H20N4O3S. The molecule has 0 saturated carbocycles. The van der Waals surface area contributed by atoms with Gasteiger partial charge in [-0.05, 0) is 37.3 Å². The highest BCUT2D eigenvalue weighted by Crippen LogP contribution is 2.28. The molecule has 0 atom stereocenters. The van der Waals surface area contributed by atoms with Gasteiger partial charge in [-0.25, -0.2) is 18.1 Å². The molecule has 0 aliphatic carbocycles. The summed E-state index contributed by atoms with van der Waals surface area (Å²) in [6, 6.07) is 5.32. The van der Waals surface area contributed by atoms with Crippen molar-refractivity contribution >= 4 is 27.6 Å². The minimum atomic E-state index is -2.49. The molecule has 0 spiro atoms. The molecule has 124 valence electrons. The smallest absolute Gasteiger partial charge is 0.249 e. The Balaban J connectivity index is 1.67. The number of rotatable bonds is 5. The third-order valence-corrected chi connectivity index (χ3v) is 4.84. The minimum absolute atomic E-state index is 0.148. The molecule has 1 aliphatic rings. The summed E-state index contributed by atoms with van der Waals surface area (Å²) in [6.45, 7) is 2.36. The normalized spacial score (nSPS) is 16.3. The van der Waals surface area contributed by atoms with Crippen LogP contribution in [0.2, 0.25) is 0 Å². The van der Waals surface area contributed by atoms with E-state index < -0.39 is 10.9 Å². The number of aromatic nitrogens is 2. The molecule has 0 bridgehead atoms. The van der Waals surface area contributed by atoms with Crippen LogP contribution in [0.1, 0.15) is 19.3 Å². The molecule has 8 heteroatoms. The lowest BCUT2D eigenvalue weighted by Crippen LogP contribution is -2.34. The fraction of sp³-hybridized carbons (Fsp3) is 0.467. The number of nitrogens with one attached hydrogen (secondary N) is 2. The van der Waals surface area contributed by atoms with Crippen LogP contribution in [0.15, 0.2) is 29.2 Å². The Bertz CT molecular complexity index is 802. The monoisotopic (exact) mass is 336 g/mol. The molecule has 2 aromatic rings. The molecule has 23 heavy (non-hydrogen) atoms. The summed E-state index contributed by atoms with van der Waals surface area (Å²) in [4.78, 5) is 20.7. The van der Waals surface area contributed by atoms with Crippen LogP contribution in [0.25, 0.3) is 11.0 Å². The molecule has 0 unspecified atom stereocenters. The van der Waals surface area contributed by atoms with E-state index in [4.69, 9.17) is 0 Å². The number of hydrogen-bond donors (Lipinski definition) is 3. The Kier molecular flexibility index (Phi) is 4.92. The van der Waals surface area contributed by atoms with Crippen LogP contribution in [-0.2, 0) is 10.9 Å². The maximum atomic E-state index is 11.4. The molecule has 3 heterocycles. The van der Waals surface area contributed by atoms with Gasteiger partial charge in [0.25, 0.3) is 0 Å². The highest BCUT2D eigenvalue weighted by Gasteiger charge is 2.20. The topological polar surface area (TPSA) is 95.2 Å². The fourth-order valence-corrected chi connectivity index (χ4v) is 3.45. The van der Waals surface area contributed by atoms with Crippen LogP contribution < -0.4 is 15.2 Å². The van der Waals surface area contributed by atoms with Crippen LogP contribution in [-0.4, -0.2) is 38.0 Å². The lowest BCUT2D eigenvalue weighted by atomic mass is 9.93. The van der Waals surface area contributed by atoms with E-state index in [-0.39, 0.29) is 5.56 Å². The van der Waals surface area contributed by atoms with Gasteiger partial charge in [-0.15, -0.1) is 0 Å². The first-order valence-electron chi connectivity index (χ1n) is 7.74. The van der Waals surface area contributed by atoms with Gasteiger partial charge in [-0.3, -0.25) is 4.79 Å². The third kappa shape index (κ3) is 3.89. The average molecular weight is 336 g/mol. The van der Waals surface area contributed by atoms with Crippen LogP contribution in [0.4, 0.5) is 5.69 Å². The van der Waals surface area contributed by atoms with Crippen molar-refractivity contribution in [3.63, 3.8) is 0 Å². The summed E-state index contributed by atoms with van der Waals surface area (Å²) in [7, 11) is -2.49. The van der Waals surface area contributed by atoms with Gasteiger partial charge >= 0.3 is 0 Å². The number of fused-ring (bicyclic) bond motifs is 1. The van der Waals surface area contributed by atoms with E-state index in [2.05, 4.69) is 19.6 Å². The van der Waals surface area contributed by atoms with Crippen LogP contribution >= 0.6 is 0 Å². The van der Waals surface area contributed by atoms with E-state index in [1.54, 1.807) is 6.20 Å². The van der Waals surface area contributed by atoms with E-state index in [9.17, 15) is 13.2 Å². The fourth-order valence-electron chi connectivity index (χ4n) is 3.14. The molecule has 2 aromatic heterocycles. The van der Waals surface area contributed by atoms with Crippen molar-refractivity contribution in [3.8, 4) is 0 Å². The second kappa shape index (κ2) is 7.10. The zero-order valence-corrected chi connectivity index (χ0v) is 13.6. The van der Waals surface area contributed by atoms with Gasteiger partial charge < -0.3 is 9.88 Å². The van der Waals surface area contributed by atoms with Gasteiger partial charge in [-0.1, -0.05) is 0 Å². The first kappa shape index (κ1) is 15.9. The van der Waals surface area contributed by atoms with Crippen molar-refractivity contribution in [3.05, 3.63) is 34.7 Å². The maximum Gasteiger partial charge on any atom is 0.249 e. The van der Waals surface area contributed by atoms with Crippen molar-refractivity contribution < 1.29 is 8.42 Å². The quantitative estimate of drug-likeness (QED) is 0.697. The first-order chi connectivity index (χ1) is 11.1. The molecule has 0 radical (unpaired) electrons. The lowest BCUT2D eigenvalue weighted by Gasteiger charge is -2.34. The summed E-state index contributed by atoms with van der Waals surface area (Å²) < 4.78 is 23.5. The van der Waals surface area contributed by atoms with E-state index in [0.29, 0.717) is 18.1 Å². The molecule has 1 fully saturated rings. The molecule has 7 nitrogen and oxygen atoms in total. The van der Waals surface area contributed by atoms with Crippen LogP contribution in [0.5, 0.6) is 0 Å². The van der Waals surface area contributed by atoms with E-state index >= 15 is 0 Å². The van der Waals surface area contributed by atoms with Gasteiger partial charge in [0.15, 0.2) is 0 Å². The Hall–Kier alpha value is -1.93. The van der Waals surface area contributed by atoms with Gasteiger partial charge in [0, 0.05) is 43.0 Å². The Morgan fingerprint density at radius 1 is 1.26 bits per heavy atom. The SMILES string of the molecule is O=c1ccc2c(N3CCC(CCN[SH](=O)=O)CC3)ccnc2[nH]1. The summed E-state index contributed by atoms with van der Waals surface area (Å²) in [5.74, 6) is 0.543. The average Bonchev–Trinajstić information content (AvgIpc) is 2.54. The summed E-state index contributed by atoms with van der Waals surface area (Å²) in [5, 5.41) is 0.954. The molecular weight excluding hydrogens is 316 g/mol. The van der Waals surface area contributed by atoms with Gasteiger partial charge in [0.1, 0.15) is 5.65 Å². The van der Waals surface area contributed by atoms with Crippen molar-refractivity contribution in [1.82, 2.24) is 14.7 Å². The molecule has 0 amide bonds. The Morgan fingerprint density at radius 2 is 2.04 bits per heavy atom. The van der Waals surface area contributed by atoms with Crippen LogP contribution in [0.3, 0.4) is 0 Å². The number of thiol groups is 1. The standard InChI is InChI=1S/C15H20N4O3S/c20-14-2-1-12-13(4-7-16-15(12)18-14)19-9-5-11(6-10-19)3-8-17-23(21)22/h1-2,4,7,11,23H,3,5-6,8-10H2,(H,16,18,20)(H,17,21,22). The zero-order valence-electron chi connectivity index (χ0n) is 12.7. The summed E-state index contributed by atoms with van der Waals surface area (Å²) >= 11 is 0. The predicted octanol–water partition coefficient (Wildman–Crippen LogP) is 0.646. The highest BCUT2D eigenvalue weighted by atomic mass is 32.2. The second-order valence-corrected chi connectivity index (χ2v) is 6.63. The van der Waals surface area contributed by atoms with E-state index in [1.807, 2.05) is 12.1 Å². The first-order valence-corrected chi connectivity index (χ1v) is 8.92. The van der Waals surface area contributed by atoms with Crippen LogP contribution in [0, 0.1) is 5.92 Å². The largest absolute Gasteiger partial charge is 0.371 e. The minimum Gasteiger partial charge on any atom is -0.371 e. The number of hydrogen-bond acceptors (Lipinski definition) is 5. The van der Waals surface area contributed by atoms with Crippen molar-refractivity contribution in [2.75, 3.05) is 24.5 Å². The van der Waals surface area contributed by atoms with Crippen molar-refractivity contribution in [1.29, 1.82) is 0 Å². The number of pyridine rings is 2. The van der Waals surface area contributed by atoms with Crippen molar-refractivity contribution in [2.24, 2.45) is 5.92 Å². The third-order valence-electron chi connectivity index (χ3n) is 4.36. The lowest BCUT2D eigenvalue weighted by molar-refractivity contribution is 0.382. The van der Waals surface area contributed by atoms with Gasteiger partial charge in [0.05, 0.1) is 0 Å². The molecule has 1 aliphatic heterocycles. The second-order valence-electron chi connectivity index (χ2n) is 5.80. The Morgan fingerprint density at radius 3 is 2.78 bits per heavy atom. The predicted molar refractivity (Wildman–Crippen MR) is 90.2 cm³/mol. The summed E-state index contributed by atoms with van der Waals surface area (Å²) in [5.41, 5.74) is 1.55. The number of anilines is 1. The van der Waals surface area contributed by atoms with E-state index in [0.717, 1.165) is 43.4 Å². The molecule has 3 rings (SSSR count). The molecule has 2 N–H and O–H groups in total. The number of piperidine rings is 1.